The summed E-state index contributed by atoms with van der Waals surface area (Å²) >= 11 is 0. The van der Waals surface area contributed by atoms with Crippen LogP contribution in [0.15, 0.2) is 78.9 Å². The Morgan fingerprint density at radius 3 is 1.56 bits per heavy atom. The molecule has 3 aromatic carbocycles. The van der Waals surface area contributed by atoms with E-state index in [0.717, 1.165) is 12.8 Å². The Morgan fingerprint density at radius 1 is 0.660 bits per heavy atom. The number of nitriles is 1. The van der Waals surface area contributed by atoms with E-state index < -0.39 is 14.1 Å². The third-order valence-corrected chi connectivity index (χ3v) is 15.1. The molecule has 0 spiro atoms. The molecule has 0 saturated heterocycles. The number of unbranched alkanes of at least 4 members (excludes halogenated alkanes) is 16. The monoisotopic (exact) mass is 699 g/mol. The molecule has 3 aromatic rings. The lowest BCUT2D eigenvalue weighted by Crippen LogP contribution is -2.67. The zero-order chi connectivity index (χ0) is 35.9. The molecule has 0 aliphatic heterocycles. The summed E-state index contributed by atoms with van der Waals surface area (Å²) in [7, 11) is -2.72. The highest BCUT2D eigenvalue weighted by atomic mass is 28.4. The van der Waals surface area contributed by atoms with Gasteiger partial charge in [0, 0.05) is 0 Å². The SMILES string of the molecule is CCCCCCCCCCCCCCCCCCC[C@H](CO[Si](c1ccccc1)(c1ccccc1)C(C)(C)C)OCc1cc(F)cc(C#N)c1. The highest BCUT2D eigenvalue weighted by molar-refractivity contribution is 6.99. The van der Waals surface area contributed by atoms with Gasteiger partial charge in [-0.05, 0) is 45.6 Å². The maximum atomic E-state index is 14.2. The van der Waals surface area contributed by atoms with E-state index in [1.165, 1.54) is 125 Å². The fraction of sp³-hybridized carbons (Fsp3) is 0.578. The normalized spacial score (nSPS) is 12.6. The van der Waals surface area contributed by atoms with Crippen molar-refractivity contribution in [2.75, 3.05) is 6.61 Å². The summed E-state index contributed by atoms with van der Waals surface area (Å²) in [4.78, 5) is 0. The Balaban J connectivity index is 1.52. The van der Waals surface area contributed by atoms with Gasteiger partial charge in [-0.15, -0.1) is 0 Å². The van der Waals surface area contributed by atoms with Gasteiger partial charge in [0.1, 0.15) is 5.82 Å². The molecule has 0 N–H and O–H groups in total. The summed E-state index contributed by atoms with van der Waals surface area (Å²) in [5.74, 6) is -0.407. The molecule has 0 radical (unpaired) electrons. The van der Waals surface area contributed by atoms with Crippen molar-refractivity contribution in [1.82, 2.24) is 0 Å². The number of hydrogen-bond donors (Lipinski definition) is 0. The standard InChI is InChI=1S/C45H66FNO2Si/c1-5-6-7-8-9-10-11-12-13-14-15-16-17-18-19-20-23-28-42(48-37-40-33-39(36-47)34-41(46)35-40)38-49-50(45(2,3)4,43-29-24-21-25-30-43)44-31-26-22-27-32-44/h21-22,24-27,29-35,42H,5-20,23,28,37-38H2,1-4H3/t42-/m1/s1. The molecule has 5 heteroatoms. The Kier molecular flexibility index (Phi) is 19.7. The zero-order valence-corrected chi connectivity index (χ0v) is 32.9. The first-order valence-corrected chi connectivity index (χ1v) is 21.8. The molecule has 0 saturated carbocycles. The van der Waals surface area contributed by atoms with Gasteiger partial charge in [-0.3, -0.25) is 0 Å². The lowest BCUT2D eigenvalue weighted by molar-refractivity contribution is 0.000683. The fourth-order valence-electron chi connectivity index (χ4n) is 7.30. The van der Waals surface area contributed by atoms with Gasteiger partial charge in [-0.2, -0.15) is 5.26 Å². The van der Waals surface area contributed by atoms with E-state index in [0.29, 0.717) is 17.7 Å². The summed E-state index contributed by atoms with van der Waals surface area (Å²) in [5.41, 5.74) is 0.997. The van der Waals surface area contributed by atoms with Gasteiger partial charge in [0.25, 0.3) is 8.32 Å². The van der Waals surface area contributed by atoms with Crippen LogP contribution in [0.3, 0.4) is 0 Å². The van der Waals surface area contributed by atoms with Gasteiger partial charge in [-0.1, -0.05) is 198 Å². The van der Waals surface area contributed by atoms with E-state index in [1.807, 2.05) is 0 Å². The Hall–Kier alpha value is -2.78. The number of benzene rings is 3. The lowest BCUT2D eigenvalue weighted by Gasteiger charge is -2.43. The predicted molar refractivity (Wildman–Crippen MR) is 212 cm³/mol. The van der Waals surface area contributed by atoms with Crippen LogP contribution in [-0.2, 0) is 15.8 Å². The summed E-state index contributed by atoms with van der Waals surface area (Å²) in [6, 6.07) is 27.9. The summed E-state index contributed by atoms with van der Waals surface area (Å²) in [5, 5.41) is 11.7. The molecule has 3 rings (SSSR count). The molecule has 0 aliphatic rings. The minimum absolute atomic E-state index is 0.127. The van der Waals surface area contributed by atoms with Crippen LogP contribution < -0.4 is 10.4 Å². The van der Waals surface area contributed by atoms with Gasteiger partial charge in [0.2, 0.25) is 0 Å². The van der Waals surface area contributed by atoms with Crippen molar-refractivity contribution in [3.05, 3.63) is 95.8 Å². The van der Waals surface area contributed by atoms with Crippen molar-refractivity contribution >= 4 is 18.7 Å². The van der Waals surface area contributed by atoms with E-state index >= 15 is 0 Å². The average Bonchev–Trinajstić information content (AvgIpc) is 3.11. The quantitative estimate of drug-likeness (QED) is 0.0619. The van der Waals surface area contributed by atoms with Crippen LogP contribution in [0.2, 0.25) is 5.04 Å². The van der Waals surface area contributed by atoms with Crippen molar-refractivity contribution in [2.24, 2.45) is 0 Å². The van der Waals surface area contributed by atoms with E-state index in [-0.39, 0.29) is 17.7 Å². The predicted octanol–water partition coefficient (Wildman–Crippen LogP) is 12.2. The average molecular weight is 700 g/mol. The smallest absolute Gasteiger partial charge is 0.261 e. The van der Waals surface area contributed by atoms with E-state index in [4.69, 9.17) is 9.16 Å². The van der Waals surface area contributed by atoms with Crippen LogP contribution >= 0.6 is 0 Å². The zero-order valence-electron chi connectivity index (χ0n) is 31.9. The number of nitrogens with zero attached hydrogens (tertiary/aromatic N) is 1. The summed E-state index contributed by atoms with van der Waals surface area (Å²) in [6.07, 6.45) is 23.7. The van der Waals surface area contributed by atoms with Crippen LogP contribution in [0.5, 0.6) is 0 Å². The summed E-state index contributed by atoms with van der Waals surface area (Å²) < 4.78 is 28.0. The molecule has 274 valence electrons. The maximum Gasteiger partial charge on any atom is 0.261 e. The lowest BCUT2D eigenvalue weighted by atomic mass is 10.0. The van der Waals surface area contributed by atoms with Crippen molar-refractivity contribution in [3.8, 4) is 6.07 Å². The second kappa shape index (κ2) is 23.6. The van der Waals surface area contributed by atoms with Gasteiger partial charge in [0.15, 0.2) is 0 Å². The third-order valence-electron chi connectivity index (χ3n) is 10.1. The Labute approximate surface area is 306 Å². The topological polar surface area (TPSA) is 42.2 Å². The molecule has 0 aromatic heterocycles. The number of hydrogen-bond acceptors (Lipinski definition) is 3. The second-order valence-corrected chi connectivity index (χ2v) is 19.6. The molecule has 1 atom stereocenters. The number of rotatable bonds is 26. The molecule has 0 fully saturated rings. The van der Waals surface area contributed by atoms with E-state index in [9.17, 15) is 9.65 Å². The van der Waals surface area contributed by atoms with Crippen molar-refractivity contribution in [1.29, 1.82) is 5.26 Å². The van der Waals surface area contributed by atoms with E-state index in [2.05, 4.69) is 94.4 Å². The first-order valence-electron chi connectivity index (χ1n) is 19.9. The van der Waals surface area contributed by atoms with Crippen LogP contribution in [0.1, 0.15) is 154 Å². The minimum atomic E-state index is -2.72. The van der Waals surface area contributed by atoms with Crippen LogP contribution in [0.4, 0.5) is 4.39 Å². The molecule has 0 amide bonds. The largest absolute Gasteiger partial charge is 0.405 e. The highest BCUT2D eigenvalue weighted by Crippen LogP contribution is 2.37. The summed E-state index contributed by atoms with van der Waals surface area (Å²) in [6.45, 7) is 9.88. The van der Waals surface area contributed by atoms with Gasteiger partial charge >= 0.3 is 0 Å². The molecule has 3 nitrogen and oxygen atoms in total. The maximum absolute atomic E-state index is 14.2. The molecular weight excluding hydrogens is 634 g/mol. The Bertz CT molecular complexity index is 1310. The molecule has 0 unspecified atom stereocenters. The van der Waals surface area contributed by atoms with Crippen LogP contribution in [-0.4, -0.2) is 21.0 Å². The van der Waals surface area contributed by atoms with Gasteiger partial charge in [0.05, 0.1) is 31.0 Å². The molecule has 50 heavy (non-hydrogen) atoms. The third kappa shape index (κ3) is 14.5. The van der Waals surface area contributed by atoms with Crippen molar-refractivity contribution < 1.29 is 13.6 Å². The van der Waals surface area contributed by atoms with Crippen molar-refractivity contribution in [3.63, 3.8) is 0 Å². The molecule has 0 heterocycles. The Morgan fingerprint density at radius 2 is 1.12 bits per heavy atom. The number of halogens is 1. The first-order chi connectivity index (χ1) is 24.3. The van der Waals surface area contributed by atoms with E-state index in [1.54, 1.807) is 6.07 Å². The second-order valence-electron chi connectivity index (χ2n) is 15.3. The van der Waals surface area contributed by atoms with Crippen molar-refractivity contribution in [2.45, 2.75) is 161 Å². The van der Waals surface area contributed by atoms with Crippen LogP contribution in [0.25, 0.3) is 0 Å². The van der Waals surface area contributed by atoms with Gasteiger partial charge < -0.3 is 9.16 Å². The molecular formula is C45H66FNO2Si. The minimum Gasteiger partial charge on any atom is -0.405 e. The molecule has 0 aliphatic carbocycles. The van der Waals surface area contributed by atoms with Gasteiger partial charge in [-0.25, -0.2) is 4.39 Å². The van der Waals surface area contributed by atoms with Crippen LogP contribution in [0, 0.1) is 17.1 Å². The highest BCUT2D eigenvalue weighted by Gasteiger charge is 2.50. The fourth-order valence-corrected chi connectivity index (χ4v) is 11.9. The number of ether oxygens (including phenoxy) is 1. The molecule has 0 bridgehead atoms. The first kappa shape index (κ1) is 41.6.